The number of hydrogen-bond acceptors (Lipinski definition) is 6. The first-order valence-electron chi connectivity index (χ1n) is 13.4. The van der Waals surface area contributed by atoms with Gasteiger partial charge in [0.1, 0.15) is 11.7 Å². The number of carbonyl (C=O) groups excluding carboxylic acids is 2. The molecule has 0 saturated carbocycles. The summed E-state index contributed by atoms with van der Waals surface area (Å²) in [6.07, 6.45) is 3.89. The first kappa shape index (κ1) is 26.4. The lowest BCUT2D eigenvalue weighted by Gasteiger charge is -2.31. The zero-order valence-electron chi connectivity index (χ0n) is 22.4. The van der Waals surface area contributed by atoms with Crippen LogP contribution in [0.25, 0.3) is 0 Å². The van der Waals surface area contributed by atoms with E-state index in [-0.39, 0.29) is 11.8 Å². The summed E-state index contributed by atoms with van der Waals surface area (Å²) in [5.74, 6) is 0.244. The standard InChI is InChI=1S/C30H34N6O3/c1-20-5-10-26(32-19-20)33-30(38)24-17-21(2)18-25(35-13-15-39-16-14-35)27(24)34-29(37)23-8-6-22(7-9-23)28(31)36-11-3-4-12-36/h5-10,17-19,31H,3-4,11-16H2,1-2H3,(H,34,37)(H,32,33,38). The van der Waals surface area contributed by atoms with Crippen LogP contribution < -0.4 is 15.5 Å². The van der Waals surface area contributed by atoms with Gasteiger partial charge < -0.3 is 25.2 Å². The van der Waals surface area contributed by atoms with Gasteiger partial charge in [-0.25, -0.2) is 4.98 Å². The van der Waals surface area contributed by atoms with Crippen molar-refractivity contribution < 1.29 is 14.3 Å². The van der Waals surface area contributed by atoms with E-state index in [2.05, 4.69) is 25.4 Å². The molecule has 2 aliphatic rings. The molecule has 2 aliphatic heterocycles. The number of amidine groups is 1. The molecular formula is C30H34N6O3. The Morgan fingerprint density at radius 2 is 1.54 bits per heavy atom. The van der Waals surface area contributed by atoms with Crippen LogP contribution in [0.15, 0.2) is 54.7 Å². The molecule has 0 unspecified atom stereocenters. The number of rotatable bonds is 6. The molecule has 39 heavy (non-hydrogen) atoms. The molecule has 3 N–H and O–H groups in total. The Labute approximate surface area is 228 Å². The normalized spacial score (nSPS) is 15.2. The van der Waals surface area contributed by atoms with Crippen molar-refractivity contribution in [2.45, 2.75) is 26.7 Å². The van der Waals surface area contributed by atoms with E-state index in [0.717, 1.165) is 48.3 Å². The van der Waals surface area contributed by atoms with Crippen molar-refractivity contribution in [2.75, 3.05) is 54.9 Å². The number of nitrogens with one attached hydrogen (secondary N) is 3. The van der Waals surface area contributed by atoms with Crippen LogP contribution in [0.1, 0.15) is 50.2 Å². The Morgan fingerprint density at radius 3 is 2.21 bits per heavy atom. The predicted octanol–water partition coefficient (Wildman–Crippen LogP) is 4.46. The number of anilines is 3. The Hall–Kier alpha value is -4.24. The monoisotopic (exact) mass is 526 g/mol. The van der Waals surface area contributed by atoms with Crippen LogP contribution in [0.4, 0.5) is 17.2 Å². The van der Waals surface area contributed by atoms with Gasteiger partial charge >= 0.3 is 0 Å². The van der Waals surface area contributed by atoms with Gasteiger partial charge in [-0.3, -0.25) is 15.0 Å². The third kappa shape index (κ3) is 6.09. The van der Waals surface area contributed by atoms with Crippen molar-refractivity contribution in [3.05, 3.63) is 82.5 Å². The number of carbonyl (C=O) groups is 2. The Bertz CT molecular complexity index is 1360. The van der Waals surface area contributed by atoms with Gasteiger partial charge in [0.05, 0.1) is 30.2 Å². The van der Waals surface area contributed by atoms with Crippen molar-refractivity contribution in [1.82, 2.24) is 9.88 Å². The maximum Gasteiger partial charge on any atom is 0.259 e. The average Bonchev–Trinajstić information content (AvgIpc) is 3.50. The summed E-state index contributed by atoms with van der Waals surface area (Å²) in [6.45, 7) is 8.10. The zero-order valence-corrected chi connectivity index (χ0v) is 22.4. The van der Waals surface area contributed by atoms with Crippen LogP contribution in [0.5, 0.6) is 0 Å². The molecule has 5 rings (SSSR count). The second-order valence-corrected chi connectivity index (χ2v) is 10.1. The Balaban J connectivity index is 1.44. The predicted molar refractivity (Wildman–Crippen MR) is 153 cm³/mol. The molecule has 0 aliphatic carbocycles. The third-order valence-electron chi connectivity index (χ3n) is 7.09. The van der Waals surface area contributed by atoms with Gasteiger partial charge in [-0.05, 0) is 68.1 Å². The third-order valence-corrected chi connectivity index (χ3v) is 7.09. The number of pyridine rings is 1. The van der Waals surface area contributed by atoms with Crippen LogP contribution in [-0.4, -0.2) is 66.9 Å². The first-order chi connectivity index (χ1) is 18.9. The van der Waals surface area contributed by atoms with Crippen molar-refractivity contribution in [1.29, 1.82) is 5.41 Å². The second-order valence-electron chi connectivity index (χ2n) is 10.1. The average molecular weight is 527 g/mol. The maximum absolute atomic E-state index is 13.5. The van der Waals surface area contributed by atoms with Gasteiger partial charge in [-0.15, -0.1) is 0 Å². The summed E-state index contributed by atoms with van der Waals surface area (Å²) in [5, 5.41) is 14.4. The molecule has 9 nitrogen and oxygen atoms in total. The Kier molecular flexibility index (Phi) is 7.88. The quantitative estimate of drug-likeness (QED) is 0.323. The van der Waals surface area contributed by atoms with Crippen molar-refractivity contribution in [3.8, 4) is 0 Å². The minimum absolute atomic E-state index is 0.324. The van der Waals surface area contributed by atoms with E-state index in [1.54, 1.807) is 30.5 Å². The number of amides is 2. The summed E-state index contributed by atoms with van der Waals surface area (Å²) in [7, 11) is 0. The number of nitrogens with zero attached hydrogens (tertiary/aromatic N) is 3. The van der Waals surface area contributed by atoms with Crippen molar-refractivity contribution in [2.24, 2.45) is 0 Å². The smallest absolute Gasteiger partial charge is 0.259 e. The number of ether oxygens (including phenoxy) is 1. The molecule has 202 valence electrons. The molecule has 0 spiro atoms. The fraction of sp³-hybridized carbons (Fsp3) is 0.333. The molecule has 3 aromatic rings. The van der Waals surface area contributed by atoms with Crippen molar-refractivity contribution >= 4 is 34.8 Å². The molecule has 2 saturated heterocycles. The fourth-order valence-electron chi connectivity index (χ4n) is 4.95. The fourth-order valence-corrected chi connectivity index (χ4v) is 4.95. The van der Waals surface area contributed by atoms with E-state index >= 15 is 0 Å². The highest BCUT2D eigenvalue weighted by Crippen LogP contribution is 2.33. The molecular weight excluding hydrogens is 492 g/mol. The SMILES string of the molecule is Cc1ccc(NC(=O)c2cc(C)cc(N3CCOCC3)c2NC(=O)c2ccc(C(=N)N3CCCC3)cc2)nc1. The lowest BCUT2D eigenvalue weighted by Crippen LogP contribution is -2.37. The van der Waals surface area contributed by atoms with E-state index in [1.807, 2.05) is 38.1 Å². The van der Waals surface area contributed by atoms with Crippen LogP contribution in [-0.2, 0) is 4.74 Å². The van der Waals surface area contributed by atoms with Crippen LogP contribution >= 0.6 is 0 Å². The summed E-state index contributed by atoms with van der Waals surface area (Å²) in [6, 6.07) is 14.5. The molecule has 2 aromatic carbocycles. The van der Waals surface area contributed by atoms with Gasteiger partial charge in [0.15, 0.2) is 0 Å². The summed E-state index contributed by atoms with van der Waals surface area (Å²) in [5.41, 5.74) is 4.72. The van der Waals surface area contributed by atoms with E-state index in [0.29, 0.717) is 54.8 Å². The summed E-state index contributed by atoms with van der Waals surface area (Å²) in [4.78, 5) is 35.5. The lowest BCUT2D eigenvalue weighted by atomic mass is 10.0. The van der Waals surface area contributed by atoms with Gasteiger partial charge in [0, 0.05) is 43.5 Å². The molecule has 2 fully saturated rings. The molecule has 9 heteroatoms. The first-order valence-corrected chi connectivity index (χ1v) is 13.4. The van der Waals surface area contributed by atoms with E-state index in [9.17, 15) is 9.59 Å². The summed E-state index contributed by atoms with van der Waals surface area (Å²) < 4.78 is 5.54. The second kappa shape index (κ2) is 11.7. The minimum atomic E-state index is -0.353. The molecule has 2 amide bonds. The summed E-state index contributed by atoms with van der Waals surface area (Å²) >= 11 is 0. The highest BCUT2D eigenvalue weighted by Gasteiger charge is 2.24. The van der Waals surface area contributed by atoms with Gasteiger partial charge in [-0.1, -0.05) is 18.2 Å². The minimum Gasteiger partial charge on any atom is -0.378 e. The van der Waals surface area contributed by atoms with Gasteiger partial charge in [0.25, 0.3) is 11.8 Å². The number of morpholine rings is 1. The van der Waals surface area contributed by atoms with Crippen LogP contribution in [0.2, 0.25) is 0 Å². The van der Waals surface area contributed by atoms with E-state index < -0.39 is 0 Å². The van der Waals surface area contributed by atoms with E-state index in [1.165, 1.54) is 0 Å². The largest absolute Gasteiger partial charge is 0.378 e. The number of aromatic nitrogens is 1. The molecule has 3 heterocycles. The van der Waals surface area contributed by atoms with Crippen LogP contribution in [0.3, 0.4) is 0 Å². The highest BCUT2D eigenvalue weighted by atomic mass is 16.5. The van der Waals surface area contributed by atoms with Gasteiger partial charge in [-0.2, -0.15) is 0 Å². The zero-order chi connectivity index (χ0) is 27.4. The Morgan fingerprint density at radius 1 is 0.846 bits per heavy atom. The molecule has 0 bridgehead atoms. The molecule has 1 aromatic heterocycles. The van der Waals surface area contributed by atoms with Crippen molar-refractivity contribution in [3.63, 3.8) is 0 Å². The highest BCUT2D eigenvalue weighted by molar-refractivity contribution is 6.15. The van der Waals surface area contributed by atoms with Gasteiger partial charge in [0.2, 0.25) is 0 Å². The maximum atomic E-state index is 13.5. The lowest BCUT2D eigenvalue weighted by molar-refractivity contribution is 0.102. The topological polar surface area (TPSA) is 111 Å². The number of hydrogen-bond donors (Lipinski definition) is 3. The van der Waals surface area contributed by atoms with Crippen LogP contribution in [0, 0.1) is 19.3 Å². The number of aryl methyl sites for hydroxylation is 2. The number of likely N-dealkylation sites (tertiary alicyclic amines) is 1. The number of benzene rings is 2. The molecule has 0 radical (unpaired) electrons. The molecule has 0 atom stereocenters. The van der Waals surface area contributed by atoms with E-state index in [4.69, 9.17) is 10.1 Å².